The second-order valence-corrected chi connectivity index (χ2v) is 4.23. The SMILES string of the molecule is CCOC(=O)C1=NOC([N+](=O)[O-])C1c1ccc(OC)cc1. The quantitative estimate of drug-likeness (QED) is 0.461. The van der Waals surface area contributed by atoms with Crippen LogP contribution in [0.3, 0.4) is 0 Å². The third-order valence-electron chi connectivity index (χ3n) is 3.01. The number of oxime groups is 1. The molecule has 1 aromatic carbocycles. The maximum atomic E-state index is 11.8. The van der Waals surface area contributed by atoms with Gasteiger partial charge < -0.3 is 14.3 Å². The van der Waals surface area contributed by atoms with Crippen LogP contribution in [-0.2, 0) is 14.4 Å². The Morgan fingerprint density at radius 3 is 2.62 bits per heavy atom. The van der Waals surface area contributed by atoms with Crippen LogP contribution < -0.4 is 4.74 Å². The molecular formula is C13H14N2O6. The number of carbonyl (C=O) groups is 1. The topological polar surface area (TPSA) is 100 Å². The van der Waals surface area contributed by atoms with Crippen LogP contribution in [0.15, 0.2) is 29.4 Å². The first-order valence-electron chi connectivity index (χ1n) is 6.26. The van der Waals surface area contributed by atoms with Crippen molar-refractivity contribution in [2.45, 2.75) is 19.1 Å². The summed E-state index contributed by atoms with van der Waals surface area (Å²) in [6.45, 7) is 1.79. The number of ether oxygens (including phenoxy) is 2. The Balaban J connectivity index is 2.34. The van der Waals surface area contributed by atoms with E-state index >= 15 is 0 Å². The van der Waals surface area contributed by atoms with Gasteiger partial charge in [-0.05, 0) is 24.6 Å². The molecule has 0 aromatic heterocycles. The molecule has 0 fully saturated rings. The maximum Gasteiger partial charge on any atom is 0.387 e. The van der Waals surface area contributed by atoms with Crippen molar-refractivity contribution in [3.8, 4) is 5.75 Å². The Kier molecular flexibility index (Phi) is 4.36. The number of nitro groups is 1. The van der Waals surface area contributed by atoms with Crippen molar-refractivity contribution in [1.29, 1.82) is 0 Å². The minimum absolute atomic E-state index is 0.108. The van der Waals surface area contributed by atoms with Gasteiger partial charge in [-0.25, -0.2) is 4.79 Å². The van der Waals surface area contributed by atoms with Crippen LogP contribution in [0.2, 0.25) is 0 Å². The Bertz CT molecular complexity index is 569. The molecule has 0 saturated heterocycles. The van der Waals surface area contributed by atoms with Crippen molar-refractivity contribution < 1.29 is 24.0 Å². The molecule has 2 atom stereocenters. The monoisotopic (exact) mass is 294 g/mol. The van der Waals surface area contributed by atoms with E-state index in [0.29, 0.717) is 11.3 Å². The van der Waals surface area contributed by atoms with Gasteiger partial charge in [0.2, 0.25) is 0 Å². The lowest BCUT2D eigenvalue weighted by Crippen LogP contribution is -2.32. The average molecular weight is 294 g/mol. The van der Waals surface area contributed by atoms with Crippen LogP contribution in [0.4, 0.5) is 0 Å². The molecular weight excluding hydrogens is 280 g/mol. The first kappa shape index (κ1) is 14.8. The number of hydrogen-bond acceptors (Lipinski definition) is 7. The molecule has 0 radical (unpaired) electrons. The zero-order chi connectivity index (χ0) is 15.4. The average Bonchev–Trinajstić information content (AvgIpc) is 2.92. The van der Waals surface area contributed by atoms with Gasteiger partial charge in [0, 0.05) is 0 Å². The zero-order valence-corrected chi connectivity index (χ0v) is 11.5. The molecule has 0 N–H and O–H groups in total. The molecule has 2 rings (SSSR count). The summed E-state index contributed by atoms with van der Waals surface area (Å²) in [7, 11) is 1.51. The van der Waals surface area contributed by atoms with E-state index in [0.717, 1.165) is 0 Å². The molecule has 8 heteroatoms. The van der Waals surface area contributed by atoms with Gasteiger partial charge in [0.25, 0.3) is 0 Å². The van der Waals surface area contributed by atoms with E-state index in [1.165, 1.54) is 7.11 Å². The number of rotatable bonds is 5. The van der Waals surface area contributed by atoms with Crippen molar-refractivity contribution in [2.24, 2.45) is 5.16 Å². The third-order valence-corrected chi connectivity index (χ3v) is 3.01. The summed E-state index contributed by atoms with van der Waals surface area (Å²) in [6.07, 6.45) is -1.45. The molecule has 0 bridgehead atoms. The number of benzene rings is 1. The number of carbonyl (C=O) groups excluding carboxylic acids is 1. The highest BCUT2D eigenvalue weighted by Crippen LogP contribution is 2.31. The minimum atomic E-state index is -1.45. The van der Waals surface area contributed by atoms with Gasteiger partial charge in [-0.2, -0.15) is 0 Å². The van der Waals surface area contributed by atoms with Crippen molar-refractivity contribution in [1.82, 2.24) is 0 Å². The highest BCUT2D eigenvalue weighted by molar-refractivity contribution is 6.39. The molecule has 112 valence electrons. The number of hydrogen-bond donors (Lipinski definition) is 0. The van der Waals surface area contributed by atoms with Crippen molar-refractivity contribution in [3.05, 3.63) is 39.9 Å². The summed E-state index contributed by atoms with van der Waals surface area (Å²) in [5, 5.41) is 14.6. The van der Waals surface area contributed by atoms with Crippen molar-refractivity contribution in [3.63, 3.8) is 0 Å². The van der Waals surface area contributed by atoms with E-state index in [1.54, 1.807) is 31.2 Å². The zero-order valence-electron chi connectivity index (χ0n) is 11.5. The summed E-state index contributed by atoms with van der Waals surface area (Å²) in [4.78, 5) is 27.1. The molecule has 1 aliphatic rings. The van der Waals surface area contributed by atoms with Crippen LogP contribution >= 0.6 is 0 Å². The minimum Gasteiger partial charge on any atom is -0.497 e. The highest BCUT2D eigenvalue weighted by Gasteiger charge is 2.47. The van der Waals surface area contributed by atoms with Gasteiger partial charge in [0.15, 0.2) is 5.71 Å². The van der Waals surface area contributed by atoms with Gasteiger partial charge in [0.1, 0.15) is 11.7 Å². The second-order valence-electron chi connectivity index (χ2n) is 4.23. The molecule has 2 unspecified atom stereocenters. The van der Waals surface area contributed by atoms with Gasteiger partial charge in [-0.3, -0.25) is 10.1 Å². The van der Waals surface area contributed by atoms with Gasteiger partial charge in [0.05, 0.1) is 18.6 Å². The maximum absolute atomic E-state index is 11.8. The van der Waals surface area contributed by atoms with E-state index in [9.17, 15) is 14.9 Å². The second kappa shape index (κ2) is 6.21. The highest BCUT2D eigenvalue weighted by atomic mass is 16.7. The van der Waals surface area contributed by atoms with E-state index in [-0.39, 0.29) is 12.3 Å². The molecule has 21 heavy (non-hydrogen) atoms. The molecule has 0 spiro atoms. The van der Waals surface area contributed by atoms with Crippen molar-refractivity contribution in [2.75, 3.05) is 13.7 Å². The van der Waals surface area contributed by atoms with E-state index < -0.39 is 23.0 Å². The Morgan fingerprint density at radius 2 is 2.10 bits per heavy atom. The van der Waals surface area contributed by atoms with E-state index in [1.807, 2.05) is 0 Å². The molecule has 0 amide bonds. The fraction of sp³-hybridized carbons (Fsp3) is 0.385. The summed E-state index contributed by atoms with van der Waals surface area (Å²) in [6, 6.07) is 6.55. The first-order valence-corrected chi connectivity index (χ1v) is 6.26. The first-order chi connectivity index (χ1) is 10.1. The Hall–Kier alpha value is -2.64. The molecule has 1 aliphatic heterocycles. The Morgan fingerprint density at radius 1 is 1.43 bits per heavy atom. The fourth-order valence-corrected chi connectivity index (χ4v) is 2.03. The van der Waals surface area contributed by atoms with Crippen LogP contribution in [-0.4, -0.2) is 36.5 Å². The van der Waals surface area contributed by atoms with Crippen LogP contribution in [0.1, 0.15) is 18.4 Å². The molecule has 8 nitrogen and oxygen atoms in total. The predicted molar refractivity (Wildman–Crippen MR) is 71.7 cm³/mol. The summed E-state index contributed by atoms with van der Waals surface area (Å²) in [5.74, 6) is -1.03. The van der Waals surface area contributed by atoms with Gasteiger partial charge in [-0.1, -0.05) is 17.3 Å². The third kappa shape index (κ3) is 2.93. The van der Waals surface area contributed by atoms with Crippen molar-refractivity contribution >= 4 is 11.7 Å². The standard InChI is InChI=1S/C13H14N2O6/c1-3-20-13(16)11-10(12(15(17)18)21-14-11)8-4-6-9(19-2)7-5-8/h4-7,10,12H,3H2,1-2H3. The lowest BCUT2D eigenvalue weighted by molar-refractivity contribution is -0.574. The number of methoxy groups -OCH3 is 1. The van der Waals surface area contributed by atoms with Crippen LogP contribution in [0.25, 0.3) is 0 Å². The lowest BCUT2D eigenvalue weighted by Gasteiger charge is -2.13. The molecule has 0 aliphatic carbocycles. The van der Waals surface area contributed by atoms with Crippen LogP contribution in [0, 0.1) is 10.1 Å². The predicted octanol–water partition coefficient (Wildman–Crippen LogP) is 1.33. The molecule has 1 heterocycles. The molecule has 0 saturated carbocycles. The number of nitrogens with zero attached hydrogens (tertiary/aromatic N) is 2. The van der Waals surface area contributed by atoms with Crippen LogP contribution in [0.5, 0.6) is 5.75 Å². The summed E-state index contributed by atoms with van der Waals surface area (Å²) in [5.41, 5.74) is 0.422. The largest absolute Gasteiger partial charge is 0.497 e. The lowest BCUT2D eigenvalue weighted by atomic mass is 9.93. The summed E-state index contributed by atoms with van der Waals surface area (Å²) < 4.78 is 9.89. The smallest absolute Gasteiger partial charge is 0.387 e. The number of esters is 1. The normalized spacial score (nSPS) is 20.4. The Labute approximate surface area is 120 Å². The van der Waals surface area contributed by atoms with Gasteiger partial charge in [-0.15, -0.1) is 0 Å². The fourth-order valence-electron chi connectivity index (χ4n) is 2.03. The van der Waals surface area contributed by atoms with E-state index in [2.05, 4.69) is 5.16 Å². The molecule has 1 aromatic rings. The summed E-state index contributed by atoms with van der Waals surface area (Å²) >= 11 is 0. The van der Waals surface area contributed by atoms with E-state index in [4.69, 9.17) is 14.3 Å². The van der Waals surface area contributed by atoms with Gasteiger partial charge >= 0.3 is 12.2 Å².